The normalized spacial score (nSPS) is 17.2. The zero-order valence-corrected chi connectivity index (χ0v) is 14.9. The Bertz CT molecular complexity index is 647. The van der Waals surface area contributed by atoms with E-state index in [1.165, 1.54) is 0 Å². The van der Waals surface area contributed by atoms with E-state index in [4.69, 9.17) is 4.74 Å². The van der Waals surface area contributed by atoms with Gasteiger partial charge in [-0.2, -0.15) is 0 Å². The molecule has 6 nitrogen and oxygen atoms in total. The molecule has 3 rings (SSSR count). The van der Waals surface area contributed by atoms with Gasteiger partial charge in [-0.05, 0) is 36.8 Å². The zero-order valence-electron chi connectivity index (χ0n) is 14.9. The minimum atomic E-state index is 0.279. The molecule has 0 aliphatic carbocycles. The molecule has 0 unspecified atom stereocenters. The van der Waals surface area contributed by atoms with Crippen LogP contribution in [-0.2, 0) is 17.7 Å². The molecule has 2 aromatic rings. The third-order valence-corrected chi connectivity index (χ3v) is 4.96. The summed E-state index contributed by atoms with van der Waals surface area (Å²) in [7, 11) is 1.79. The summed E-state index contributed by atoms with van der Waals surface area (Å²) in [6, 6.07) is 4.04. The van der Waals surface area contributed by atoms with Gasteiger partial charge < -0.3 is 9.64 Å². The van der Waals surface area contributed by atoms with E-state index in [2.05, 4.69) is 44.6 Å². The lowest BCUT2D eigenvalue weighted by Gasteiger charge is -2.39. The van der Waals surface area contributed by atoms with Crippen LogP contribution in [0.5, 0.6) is 0 Å². The fourth-order valence-electron chi connectivity index (χ4n) is 3.44. The molecule has 1 fully saturated rings. The summed E-state index contributed by atoms with van der Waals surface area (Å²) >= 11 is 0. The van der Waals surface area contributed by atoms with Crippen molar-refractivity contribution in [2.75, 3.05) is 31.7 Å². The average molecular weight is 329 g/mol. The highest BCUT2D eigenvalue weighted by Gasteiger charge is 2.32. The van der Waals surface area contributed by atoms with E-state index in [0.29, 0.717) is 0 Å². The molecule has 0 bridgehead atoms. The van der Waals surface area contributed by atoms with Crippen LogP contribution in [0.15, 0.2) is 24.5 Å². The lowest BCUT2D eigenvalue weighted by atomic mass is 9.81. The van der Waals surface area contributed by atoms with E-state index in [1.54, 1.807) is 13.3 Å². The van der Waals surface area contributed by atoms with Crippen molar-refractivity contribution < 1.29 is 4.74 Å². The van der Waals surface area contributed by atoms with Crippen molar-refractivity contribution in [1.29, 1.82) is 0 Å². The molecule has 6 heteroatoms. The minimum absolute atomic E-state index is 0.279. The highest BCUT2D eigenvalue weighted by Crippen LogP contribution is 2.32. The first-order chi connectivity index (χ1) is 11.6. The molecule has 0 N–H and O–H groups in total. The second-order valence-corrected chi connectivity index (χ2v) is 6.93. The summed E-state index contributed by atoms with van der Waals surface area (Å²) in [5.41, 5.74) is 1.44. The molecule has 0 radical (unpaired) electrons. The van der Waals surface area contributed by atoms with Gasteiger partial charge in [-0.3, -0.25) is 9.55 Å². The highest BCUT2D eigenvalue weighted by atomic mass is 16.5. The molecule has 0 saturated carbocycles. The molecule has 1 aliphatic rings. The van der Waals surface area contributed by atoms with Crippen LogP contribution < -0.4 is 4.90 Å². The molecule has 130 valence electrons. The molecule has 0 spiro atoms. The largest absolute Gasteiger partial charge is 0.384 e. The second kappa shape index (κ2) is 7.30. The Kier molecular flexibility index (Phi) is 5.14. The predicted molar refractivity (Wildman–Crippen MR) is 94.2 cm³/mol. The van der Waals surface area contributed by atoms with E-state index in [1.807, 2.05) is 12.3 Å². The molecule has 2 aromatic heterocycles. The third-order valence-electron chi connectivity index (χ3n) is 4.96. The van der Waals surface area contributed by atoms with Crippen molar-refractivity contribution in [1.82, 2.24) is 19.7 Å². The van der Waals surface area contributed by atoms with E-state index < -0.39 is 0 Å². The van der Waals surface area contributed by atoms with Gasteiger partial charge in [0, 0.05) is 45.6 Å². The Morgan fingerprint density at radius 2 is 2.04 bits per heavy atom. The fourth-order valence-corrected chi connectivity index (χ4v) is 3.44. The number of anilines is 1. The van der Waals surface area contributed by atoms with Crippen molar-refractivity contribution in [2.24, 2.45) is 5.41 Å². The Morgan fingerprint density at radius 1 is 1.25 bits per heavy atom. The summed E-state index contributed by atoms with van der Waals surface area (Å²) in [6.45, 7) is 8.18. The van der Waals surface area contributed by atoms with E-state index in [0.717, 1.165) is 62.8 Å². The topological polar surface area (TPSA) is 56.1 Å². The van der Waals surface area contributed by atoms with Crippen molar-refractivity contribution in [2.45, 2.75) is 39.7 Å². The van der Waals surface area contributed by atoms with Crippen LogP contribution in [0, 0.1) is 5.41 Å². The van der Waals surface area contributed by atoms with Gasteiger partial charge >= 0.3 is 0 Å². The van der Waals surface area contributed by atoms with Crippen LogP contribution in [0.1, 0.15) is 38.1 Å². The van der Waals surface area contributed by atoms with Crippen molar-refractivity contribution in [3.63, 3.8) is 0 Å². The minimum Gasteiger partial charge on any atom is -0.384 e. The summed E-state index contributed by atoms with van der Waals surface area (Å²) in [5, 5.41) is 8.94. The monoisotopic (exact) mass is 329 g/mol. The Labute approximate surface area is 143 Å². The average Bonchev–Trinajstić information content (AvgIpc) is 2.99. The number of nitrogens with zero attached hydrogens (tertiary/aromatic N) is 5. The van der Waals surface area contributed by atoms with Crippen LogP contribution in [0.4, 0.5) is 5.95 Å². The first-order valence-electron chi connectivity index (χ1n) is 8.70. The molecular weight excluding hydrogens is 302 g/mol. The van der Waals surface area contributed by atoms with Gasteiger partial charge in [0.15, 0.2) is 0 Å². The standard InChI is InChI=1S/C18H27N5O/c1-4-23-16(12-15-6-5-9-19-13-15)20-21-17(23)22-10-7-18(2,8-11-22)14-24-3/h5-6,9,13H,4,7-8,10-12,14H2,1-3H3. The highest BCUT2D eigenvalue weighted by molar-refractivity contribution is 5.33. The third kappa shape index (κ3) is 3.59. The molecule has 0 amide bonds. The number of piperidine rings is 1. The Morgan fingerprint density at radius 3 is 2.67 bits per heavy atom. The van der Waals surface area contributed by atoms with Crippen LogP contribution in [0.25, 0.3) is 0 Å². The number of aromatic nitrogens is 4. The van der Waals surface area contributed by atoms with Gasteiger partial charge in [0.1, 0.15) is 5.82 Å². The first-order valence-corrected chi connectivity index (χ1v) is 8.70. The number of methoxy groups -OCH3 is 1. The summed E-state index contributed by atoms with van der Waals surface area (Å²) in [4.78, 5) is 6.55. The number of pyridine rings is 1. The van der Waals surface area contributed by atoms with Gasteiger partial charge in [0.05, 0.1) is 6.61 Å². The van der Waals surface area contributed by atoms with Crippen LogP contribution in [0.3, 0.4) is 0 Å². The number of ether oxygens (including phenoxy) is 1. The smallest absolute Gasteiger partial charge is 0.227 e. The maximum Gasteiger partial charge on any atom is 0.227 e. The van der Waals surface area contributed by atoms with E-state index >= 15 is 0 Å². The van der Waals surface area contributed by atoms with E-state index in [9.17, 15) is 0 Å². The van der Waals surface area contributed by atoms with Crippen molar-refractivity contribution in [3.8, 4) is 0 Å². The molecule has 0 aromatic carbocycles. The molecule has 1 saturated heterocycles. The maximum absolute atomic E-state index is 5.38. The van der Waals surface area contributed by atoms with Gasteiger partial charge in [0.25, 0.3) is 0 Å². The molecule has 24 heavy (non-hydrogen) atoms. The zero-order chi connectivity index (χ0) is 17.0. The van der Waals surface area contributed by atoms with Crippen LogP contribution in [-0.4, -0.2) is 46.6 Å². The number of hydrogen-bond acceptors (Lipinski definition) is 5. The fraction of sp³-hybridized carbons (Fsp3) is 0.611. The SMILES string of the molecule is CCn1c(Cc2cccnc2)nnc1N1CCC(C)(COC)CC1. The van der Waals surface area contributed by atoms with Gasteiger partial charge in [0.2, 0.25) is 5.95 Å². The molecule has 3 heterocycles. The summed E-state index contributed by atoms with van der Waals surface area (Å²) in [6.07, 6.45) is 6.70. The summed E-state index contributed by atoms with van der Waals surface area (Å²) < 4.78 is 7.61. The van der Waals surface area contributed by atoms with Gasteiger partial charge in [-0.1, -0.05) is 13.0 Å². The van der Waals surface area contributed by atoms with Crippen LogP contribution >= 0.6 is 0 Å². The first kappa shape index (κ1) is 16.9. The molecule has 1 aliphatic heterocycles. The number of hydrogen-bond donors (Lipinski definition) is 0. The second-order valence-electron chi connectivity index (χ2n) is 6.93. The van der Waals surface area contributed by atoms with Crippen molar-refractivity contribution in [3.05, 3.63) is 35.9 Å². The van der Waals surface area contributed by atoms with Crippen molar-refractivity contribution >= 4 is 5.95 Å². The van der Waals surface area contributed by atoms with Crippen LogP contribution in [0.2, 0.25) is 0 Å². The Balaban J connectivity index is 1.73. The predicted octanol–water partition coefficient (Wildman–Crippen LogP) is 2.54. The maximum atomic E-state index is 5.38. The number of rotatable bonds is 6. The van der Waals surface area contributed by atoms with Gasteiger partial charge in [-0.25, -0.2) is 0 Å². The lowest BCUT2D eigenvalue weighted by Crippen LogP contribution is -2.42. The lowest BCUT2D eigenvalue weighted by molar-refractivity contribution is 0.0728. The Hall–Kier alpha value is -1.95. The quantitative estimate of drug-likeness (QED) is 0.815. The molecular formula is C18H27N5O. The van der Waals surface area contributed by atoms with E-state index in [-0.39, 0.29) is 5.41 Å². The summed E-state index contributed by atoms with van der Waals surface area (Å²) in [5.74, 6) is 2.00. The molecule has 0 atom stereocenters. The van der Waals surface area contributed by atoms with Gasteiger partial charge in [-0.15, -0.1) is 10.2 Å².